The van der Waals surface area contributed by atoms with E-state index in [0.717, 1.165) is 30.2 Å². The second-order valence-electron chi connectivity index (χ2n) is 6.57. The number of likely N-dealkylation sites (N-methyl/N-ethyl adjacent to an activating group) is 1. The minimum absolute atomic E-state index is 0. The summed E-state index contributed by atoms with van der Waals surface area (Å²) in [5, 5.41) is 9.54. The average Bonchev–Trinajstić information content (AvgIpc) is 2.65. The second kappa shape index (κ2) is 13.1. The van der Waals surface area contributed by atoms with Crippen LogP contribution >= 0.6 is 24.0 Å². The van der Waals surface area contributed by atoms with E-state index >= 15 is 0 Å². The van der Waals surface area contributed by atoms with E-state index in [1.807, 2.05) is 61.5 Å². The molecule has 0 unspecified atom stereocenters. The Kier molecular flexibility index (Phi) is 11.2. The normalized spacial score (nSPS) is 10.9. The first-order valence-electron chi connectivity index (χ1n) is 9.09. The summed E-state index contributed by atoms with van der Waals surface area (Å²) >= 11 is 0. The minimum Gasteiger partial charge on any atom is -0.356 e. The Hall–Kier alpha value is -2.13. The van der Waals surface area contributed by atoms with Crippen LogP contribution in [0.25, 0.3) is 0 Å². The number of nitrogens with one attached hydrogen (secondary N) is 3. The van der Waals surface area contributed by atoms with Crippen molar-refractivity contribution in [3.63, 3.8) is 0 Å². The van der Waals surface area contributed by atoms with E-state index in [4.69, 9.17) is 0 Å². The zero-order valence-corrected chi connectivity index (χ0v) is 19.1. The second-order valence-corrected chi connectivity index (χ2v) is 6.57. The molecule has 0 saturated heterocycles. The Morgan fingerprint density at radius 1 is 1.00 bits per heavy atom. The number of aliphatic imine (C=N–C) groups is 1. The van der Waals surface area contributed by atoms with E-state index in [1.165, 1.54) is 5.56 Å². The minimum atomic E-state index is -0.0245. The molecule has 152 valence electrons. The number of hydrogen-bond acceptors (Lipinski definition) is 3. The van der Waals surface area contributed by atoms with Gasteiger partial charge in [-0.05, 0) is 43.8 Å². The number of carbonyl (C=O) groups is 1. The summed E-state index contributed by atoms with van der Waals surface area (Å²) in [6.45, 7) is 1.80. The molecule has 0 heterocycles. The van der Waals surface area contributed by atoms with Gasteiger partial charge in [-0.25, -0.2) is 0 Å². The summed E-state index contributed by atoms with van der Waals surface area (Å²) in [4.78, 5) is 18.0. The van der Waals surface area contributed by atoms with Crippen LogP contribution in [0.5, 0.6) is 0 Å². The Morgan fingerprint density at radius 3 is 2.39 bits per heavy atom. The summed E-state index contributed by atoms with van der Waals surface area (Å²) in [7, 11) is 5.50. The molecule has 0 radical (unpaired) electrons. The Balaban J connectivity index is 0.00000392. The third-order valence-corrected chi connectivity index (χ3v) is 3.90. The third kappa shape index (κ3) is 9.18. The van der Waals surface area contributed by atoms with Crippen LogP contribution in [-0.4, -0.2) is 51.0 Å². The van der Waals surface area contributed by atoms with Crippen molar-refractivity contribution in [1.29, 1.82) is 0 Å². The SMILES string of the molecule is CN=C(NCCc1ccccc1)NCc1cccc(NC(=O)CN(C)C)c1.I. The van der Waals surface area contributed by atoms with Crippen LogP contribution in [0, 0.1) is 0 Å². The Labute approximate surface area is 184 Å². The molecule has 1 amide bonds. The van der Waals surface area contributed by atoms with Gasteiger partial charge in [0.15, 0.2) is 5.96 Å². The lowest BCUT2D eigenvalue weighted by atomic mass is 10.1. The molecule has 0 saturated carbocycles. The molecule has 2 aromatic rings. The molecule has 0 spiro atoms. The molecule has 0 aliphatic heterocycles. The van der Waals surface area contributed by atoms with E-state index in [-0.39, 0.29) is 29.9 Å². The monoisotopic (exact) mass is 495 g/mol. The quantitative estimate of drug-likeness (QED) is 0.300. The summed E-state index contributed by atoms with van der Waals surface area (Å²) in [6, 6.07) is 18.2. The fourth-order valence-corrected chi connectivity index (χ4v) is 2.62. The predicted octanol–water partition coefficient (Wildman–Crippen LogP) is 2.71. The van der Waals surface area contributed by atoms with Crippen molar-refractivity contribution in [3.05, 3.63) is 65.7 Å². The van der Waals surface area contributed by atoms with Gasteiger partial charge < -0.3 is 20.9 Å². The third-order valence-electron chi connectivity index (χ3n) is 3.90. The van der Waals surface area contributed by atoms with Crippen molar-refractivity contribution in [3.8, 4) is 0 Å². The van der Waals surface area contributed by atoms with Crippen LogP contribution in [-0.2, 0) is 17.8 Å². The lowest BCUT2D eigenvalue weighted by molar-refractivity contribution is -0.116. The Bertz CT molecular complexity index is 749. The maximum Gasteiger partial charge on any atom is 0.238 e. The number of rotatable bonds is 8. The lowest BCUT2D eigenvalue weighted by Crippen LogP contribution is -2.37. The topological polar surface area (TPSA) is 68.8 Å². The van der Waals surface area contributed by atoms with Crippen molar-refractivity contribution < 1.29 is 4.79 Å². The van der Waals surface area contributed by atoms with E-state index in [1.54, 1.807) is 7.05 Å². The van der Waals surface area contributed by atoms with Gasteiger partial charge in [0.1, 0.15) is 0 Å². The van der Waals surface area contributed by atoms with Crippen LogP contribution in [0.1, 0.15) is 11.1 Å². The van der Waals surface area contributed by atoms with E-state index in [9.17, 15) is 4.79 Å². The molecular formula is C21H30IN5O. The molecule has 0 aromatic heterocycles. The van der Waals surface area contributed by atoms with Crippen LogP contribution < -0.4 is 16.0 Å². The van der Waals surface area contributed by atoms with Gasteiger partial charge in [0.2, 0.25) is 5.91 Å². The predicted molar refractivity (Wildman–Crippen MR) is 127 cm³/mol. The molecule has 2 rings (SSSR count). The molecule has 2 aromatic carbocycles. The standard InChI is InChI=1S/C21H29N5O.HI/c1-22-21(23-13-12-17-8-5-4-6-9-17)24-15-18-10-7-11-19(14-18)25-20(27)16-26(2)3;/h4-11,14H,12-13,15-16H2,1-3H3,(H,25,27)(H2,22,23,24);1H. The number of guanidine groups is 1. The highest BCUT2D eigenvalue weighted by Gasteiger charge is 2.05. The van der Waals surface area contributed by atoms with E-state index in [0.29, 0.717) is 13.1 Å². The van der Waals surface area contributed by atoms with Crippen molar-refractivity contribution >= 4 is 41.5 Å². The smallest absolute Gasteiger partial charge is 0.238 e. The van der Waals surface area contributed by atoms with Crippen LogP contribution in [0.15, 0.2) is 59.6 Å². The van der Waals surface area contributed by atoms with Gasteiger partial charge in [-0.3, -0.25) is 9.79 Å². The van der Waals surface area contributed by atoms with Gasteiger partial charge >= 0.3 is 0 Å². The van der Waals surface area contributed by atoms with Gasteiger partial charge in [0.25, 0.3) is 0 Å². The van der Waals surface area contributed by atoms with Crippen molar-refractivity contribution in [2.24, 2.45) is 4.99 Å². The zero-order valence-electron chi connectivity index (χ0n) is 16.7. The zero-order chi connectivity index (χ0) is 19.5. The molecule has 0 aliphatic rings. The van der Waals surface area contributed by atoms with E-state index < -0.39 is 0 Å². The average molecular weight is 495 g/mol. The van der Waals surface area contributed by atoms with Crippen molar-refractivity contribution in [2.75, 3.05) is 39.5 Å². The largest absolute Gasteiger partial charge is 0.356 e. The molecule has 0 aliphatic carbocycles. The lowest BCUT2D eigenvalue weighted by Gasteiger charge is -2.13. The number of hydrogen-bond donors (Lipinski definition) is 3. The van der Waals surface area contributed by atoms with Crippen molar-refractivity contribution in [2.45, 2.75) is 13.0 Å². The summed E-state index contributed by atoms with van der Waals surface area (Å²) in [5.74, 6) is 0.733. The number of amides is 1. The molecule has 7 heteroatoms. The molecule has 3 N–H and O–H groups in total. The highest BCUT2D eigenvalue weighted by atomic mass is 127. The highest BCUT2D eigenvalue weighted by molar-refractivity contribution is 14.0. The van der Waals surface area contributed by atoms with Gasteiger partial charge in [-0.2, -0.15) is 0 Å². The van der Waals surface area contributed by atoms with Gasteiger partial charge in [-0.1, -0.05) is 42.5 Å². The number of anilines is 1. The number of benzene rings is 2. The molecular weight excluding hydrogens is 465 g/mol. The van der Waals surface area contributed by atoms with Gasteiger partial charge in [0, 0.05) is 25.8 Å². The number of halogens is 1. The first-order chi connectivity index (χ1) is 13.1. The van der Waals surface area contributed by atoms with Crippen LogP contribution in [0.2, 0.25) is 0 Å². The molecule has 0 bridgehead atoms. The Morgan fingerprint density at radius 2 is 1.71 bits per heavy atom. The first-order valence-corrected chi connectivity index (χ1v) is 9.09. The molecule has 0 fully saturated rings. The molecule has 6 nitrogen and oxygen atoms in total. The number of carbonyl (C=O) groups excluding carboxylic acids is 1. The maximum atomic E-state index is 11.9. The van der Waals surface area contributed by atoms with Gasteiger partial charge in [-0.15, -0.1) is 24.0 Å². The molecule has 0 atom stereocenters. The van der Waals surface area contributed by atoms with Crippen LogP contribution in [0.3, 0.4) is 0 Å². The van der Waals surface area contributed by atoms with Crippen molar-refractivity contribution in [1.82, 2.24) is 15.5 Å². The summed E-state index contributed by atoms with van der Waals surface area (Å²) in [5.41, 5.74) is 3.17. The highest BCUT2D eigenvalue weighted by Crippen LogP contribution is 2.10. The van der Waals surface area contributed by atoms with E-state index in [2.05, 4.69) is 33.1 Å². The number of nitrogens with zero attached hydrogens (tertiary/aromatic N) is 2. The van der Waals surface area contributed by atoms with Gasteiger partial charge in [0.05, 0.1) is 6.54 Å². The van der Waals surface area contributed by atoms with Crippen LogP contribution in [0.4, 0.5) is 5.69 Å². The molecule has 28 heavy (non-hydrogen) atoms. The first kappa shape index (κ1) is 23.9. The fourth-order valence-electron chi connectivity index (χ4n) is 2.62. The summed E-state index contributed by atoms with van der Waals surface area (Å²) in [6.07, 6.45) is 0.939. The fraction of sp³-hybridized carbons (Fsp3) is 0.333. The summed E-state index contributed by atoms with van der Waals surface area (Å²) < 4.78 is 0. The maximum absolute atomic E-state index is 11.9.